The standard InChI is InChI=1S/C13H19N3O2/c1-8(17)10-5-4-9(6-11(10)14)16-13(2,3)7-12(15)18/h4-6,16H,7,14H2,1-3H3,(H2,15,18). The first kappa shape index (κ1) is 14.0. The van der Waals surface area contributed by atoms with E-state index in [0.717, 1.165) is 5.69 Å². The predicted molar refractivity (Wildman–Crippen MR) is 72.4 cm³/mol. The number of hydrogen-bond acceptors (Lipinski definition) is 4. The van der Waals surface area contributed by atoms with Crippen molar-refractivity contribution in [1.29, 1.82) is 0 Å². The Morgan fingerprint density at radius 2 is 1.94 bits per heavy atom. The monoisotopic (exact) mass is 249 g/mol. The molecule has 1 amide bonds. The minimum atomic E-state index is -0.462. The summed E-state index contributed by atoms with van der Waals surface area (Å²) in [5.74, 6) is -0.448. The molecule has 5 heteroatoms. The first-order valence-corrected chi connectivity index (χ1v) is 5.68. The van der Waals surface area contributed by atoms with Crippen LogP contribution in [0.15, 0.2) is 18.2 Å². The number of anilines is 2. The molecular formula is C13H19N3O2. The van der Waals surface area contributed by atoms with Crippen LogP contribution < -0.4 is 16.8 Å². The number of nitrogens with two attached hydrogens (primary N) is 2. The van der Waals surface area contributed by atoms with Crippen molar-refractivity contribution in [3.63, 3.8) is 0 Å². The third-order valence-corrected chi connectivity index (χ3v) is 2.53. The number of nitrogen functional groups attached to an aromatic ring is 1. The molecule has 5 N–H and O–H groups in total. The molecule has 0 aliphatic rings. The molecule has 0 spiro atoms. The molecule has 0 saturated carbocycles. The fraction of sp³-hybridized carbons (Fsp3) is 0.385. The predicted octanol–water partition coefficient (Wildman–Crippen LogP) is 1.54. The minimum Gasteiger partial charge on any atom is -0.398 e. The first-order valence-electron chi connectivity index (χ1n) is 5.68. The number of primary amides is 1. The average molecular weight is 249 g/mol. The second kappa shape index (κ2) is 5.08. The number of rotatable bonds is 5. The molecule has 0 unspecified atom stereocenters. The summed E-state index contributed by atoms with van der Waals surface area (Å²) in [6.07, 6.45) is 0.210. The van der Waals surface area contributed by atoms with Gasteiger partial charge in [-0.15, -0.1) is 0 Å². The lowest BCUT2D eigenvalue weighted by atomic mass is 9.99. The van der Waals surface area contributed by atoms with Crippen LogP contribution >= 0.6 is 0 Å². The Balaban J connectivity index is 2.89. The fourth-order valence-electron chi connectivity index (χ4n) is 1.83. The third-order valence-electron chi connectivity index (χ3n) is 2.53. The van der Waals surface area contributed by atoms with Crippen molar-refractivity contribution < 1.29 is 9.59 Å². The Labute approximate surface area is 107 Å². The molecule has 0 atom stereocenters. The van der Waals surface area contributed by atoms with Crippen LogP contribution in [0.4, 0.5) is 11.4 Å². The van der Waals surface area contributed by atoms with Gasteiger partial charge in [-0.25, -0.2) is 0 Å². The zero-order valence-corrected chi connectivity index (χ0v) is 10.9. The molecule has 1 aromatic rings. The van der Waals surface area contributed by atoms with Crippen LogP contribution in [0.25, 0.3) is 0 Å². The fourth-order valence-corrected chi connectivity index (χ4v) is 1.83. The first-order chi connectivity index (χ1) is 8.21. The summed E-state index contributed by atoms with van der Waals surface area (Å²) in [6, 6.07) is 5.11. The summed E-state index contributed by atoms with van der Waals surface area (Å²) in [5.41, 5.74) is 12.2. The highest BCUT2D eigenvalue weighted by Gasteiger charge is 2.20. The van der Waals surface area contributed by atoms with Gasteiger partial charge < -0.3 is 16.8 Å². The molecule has 0 aromatic heterocycles. The zero-order chi connectivity index (χ0) is 13.9. The number of carbonyl (C=O) groups excluding carboxylic acids is 2. The van der Waals surface area contributed by atoms with E-state index in [2.05, 4.69) is 5.32 Å². The molecule has 0 heterocycles. The van der Waals surface area contributed by atoms with Gasteiger partial charge in [-0.05, 0) is 39.0 Å². The summed E-state index contributed by atoms with van der Waals surface area (Å²) in [7, 11) is 0. The summed E-state index contributed by atoms with van der Waals surface area (Å²) in [5, 5.41) is 3.16. The second-order valence-electron chi connectivity index (χ2n) is 5.01. The van der Waals surface area contributed by atoms with Crippen molar-refractivity contribution in [2.45, 2.75) is 32.7 Å². The SMILES string of the molecule is CC(=O)c1ccc(NC(C)(C)CC(N)=O)cc1N. The van der Waals surface area contributed by atoms with E-state index in [-0.39, 0.29) is 18.1 Å². The summed E-state index contributed by atoms with van der Waals surface area (Å²) in [6.45, 7) is 5.20. The number of benzene rings is 1. The highest BCUT2D eigenvalue weighted by atomic mass is 16.1. The zero-order valence-electron chi connectivity index (χ0n) is 10.9. The Kier molecular flexibility index (Phi) is 3.96. The smallest absolute Gasteiger partial charge is 0.219 e. The van der Waals surface area contributed by atoms with Crippen LogP contribution in [0.1, 0.15) is 37.6 Å². The van der Waals surface area contributed by atoms with Gasteiger partial charge in [0.05, 0.1) is 0 Å². The van der Waals surface area contributed by atoms with Crippen molar-refractivity contribution >= 4 is 23.1 Å². The Hall–Kier alpha value is -2.04. The van der Waals surface area contributed by atoms with Gasteiger partial charge in [0.1, 0.15) is 0 Å². The summed E-state index contributed by atoms with van der Waals surface area (Å²) >= 11 is 0. The number of ketones is 1. The highest BCUT2D eigenvalue weighted by molar-refractivity contribution is 5.99. The van der Waals surface area contributed by atoms with Gasteiger partial charge in [0.2, 0.25) is 5.91 Å². The average Bonchev–Trinajstić information content (AvgIpc) is 2.13. The molecule has 98 valence electrons. The normalized spacial score (nSPS) is 11.1. The molecule has 1 rings (SSSR count). The minimum absolute atomic E-state index is 0.0737. The Bertz CT molecular complexity index is 481. The van der Waals surface area contributed by atoms with Gasteiger partial charge in [-0.2, -0.15) is 0 Å². The van der Waals surface area contributed by atoms with Crippen molar-refractivity contribution in [2.75, 3.05) is 11.1 Å². The molecule has 18 heavy (non-hydrogen) atoms. The van der Waals surface area contributed by atoms with E-state index in [1.807, 2.05) is 13.8 Å². The number of carbonyl (C=O) groups is 2. The second-order valence-corrected chi connectivity index (χ2v) is 5.01. The maximum absolute atomic E-state index is 11.2. The van der Waals surface area contributed by atoms with Crippen molar-refractivity contribution in [2.24, 2.45) is 5.73 Å². The molecular weight excluding hydrogens is 230 g/mol. The van der Waals surface area contributed by atoms with E-state index in [0.29, 0.717) is 11.3 Å². The number of Topliss-reactive ketones (excluding diaryl/α,β-unsaturated/α-hetero) is 1. The lowest BCUT2D eigenvalue weighted by Crippen LogP contribution is -2.36. The van der Waals surface area contributed by atoms with Crippen molar-refractivity contribution in [3.8, 4) is 0 Å². The van der Waals surface area contributed by atoms with Crippen LogP contribution in [0.5, 0.6) is 0 Å². The molecule has 0 aliphatic heterocycles. The van der Waals surface area contributed by atoms with Crippen LogP contribution in [-0.2, 0) is 4.79 Å². The maximum atomic E-state index is 11.2. The summed E-state index contributed by atoms with van der Waals surface area (Å²) < 4.78 is 0. The van der Waals surface area contributed by atoms with Crippen LogP contribution in [-0.4, -0.2) is 17.2 Å². The molecule has 0 fully saturated rings. The maximum Gasteiger partial charge on any atom is 0.219 e. The Morgan fingerprint density at radius 1 is 1.33 bits per heavy atom. The van der Waals surface area contributed by atoms with E-state index < -0.39 is 5.54 Å². The van der Waals surface area contributed by atoms with Gasteiger partial charge in [0.25, 0.3) is 0 Å². The summed E-state index contributed by atoms with van der Waals surface area (Å²) in [4.78, 5) is 22.2. The largest absolute Gasteiger partial charge is 0.398 e. The van der Waals surface area contributed by atoms with Gasteiger partial charge in [0.15, 0.2) is 5.78 Å². The van der Waals surface area contributed by atoms with Crippen molar-refractivity contribution in [3.05, 3.63) is 23.8 Å². The lowest BCUT2D eigenvalue weighted by molar-refractivity contribution is -0.118. The molecule has 5 nitrogen and oxygen atoms in total. The molecule has 1 aromatic carbocycles. The topological polar surface area (TPSA) is 98.2 Å². The van der Waals surface area contributed by atoms with Gasteiger partial charge >= 0.3 is 0 Å². The molecule has 0 saturated heterocycles. The van der Waals surface area contributed by atoms with E-state index in [9.17, 15) is 9.59 Å². The van der Waals surface area contributed by atoms with E-state index in [1.54, 1.807) is 18.2 Å². The number of nitrogens with one attached hydrogen (secondary N) is 1. The van der Waals surface area contributed by atoms with Crippen molar-refractivity contribution in [1.82, 2.24) is 0 Å². The molecule has 0 aliphatic carbocycles. The van der Waals surface area contributed by atoms with Crippen LogP contribution in [0, 0.1) is 0 Å². The lowest BCUT2D eigenvalue weighted by Gasteiger charge is -2.26. The van der Waals surface area contributed by atoms with Gasteiger partial charge in [0, 0.05) is 28.9 Å². The molecule has 0 radical (unpaired) electrons. The van der Waals surface area contributed by atoms with Crippen LogP contribution in [0.2, 0.25) is 0 Å². The van der Waals surface area contributed by atoms with Crippen LogP contribution in [0.3, 0.4) is 0 Å². The highest BCUT2D eigenvalue weighted by Crippen LogP contribution is 2.22. The number of hydrogen-bond donors (Lipinski definition) is 3. The Morgan fingerprint density at radius 3 is 2.39 bits per heavy atom. The van der Waals surface area contributed by atoms with Gasteiger partial charge in [-0.3, -0.25) is 9.59 Å². The number of amides is 1. The van der Waals surface area contributed by atoms with E-state index >= 15 is 0 Å². The quantitative estimate of drug-likeness (QED) is 0.544. The third kappa shape index (κ3) is 3.76. The van der Waals surface area contributed by atoms with E-state index in [1.165, 1.54) is 6.92 Å². The van der Waals surface area contributed by atoms with Gasteiger partial charge in [-0.1, -0.05) is 0 Å². The molecule has 0 bridgehead atoms. The van der Waals surface area contributed by atoms with E-state index in [4.69, 9.17) is 11.5 Å².